The molecular weight excluding hydrogens is 393 g/mol. The largest absolute Gasteiger partial charge is 0.328 e. The maximum atomic E-state index is 14.0. The lowest BCUT2D eigenvalue weighted by Gasteiger charge is -2.32. The van der Waals surface area contributed by atoms with E-state index in [2.05, 4.69) is 0 Å². The molecule has 7 nitrogen and oxygen atoms in total. The first-order valence-electron chi connectivity index (χ1n) is 7.54. The fourth-order valence-corrected chi connectivity index (χ4v) is 4.78. The van der Waals surface area contributed by atoms with Gasteiger partial charge >= 0.3 is 0 Å². The minimum atomic E-state index is -3.82. The van der Waals surface area contributed by atoms with Crippen LogP contribution >= 0.6 is 12.4 Å². The van der Waals surface area contributed by atoms with E-state index >= 15 is 0 Å². The molecule has 1 aromatic rings. The molecule has 2 rings (SSSR count). The molecule has 3 N–H and O–H groups in total. The number of rotatable bonds is 5. The molecule has 1 aromatic carbocycles. The number of sulfonamides is 2. The summed E-state index contributed by atoms with van der Waals surface area (Å²) in [6.45, 7) is 2.57. The van der Waals surface area contributed by atoms with E-state index in [9.17, 15) is 21.2 Å². The SMILES string of the molecule is CC(N)C1CCN(S(=O)(=O)c2ccc(NS(C)(=O)=O)c(F)c2)CC1.Cl. The summed E-state index contributed by atoms with van der Waals surface area (Å²) >= 11 is 0. The first-order chi connectivity index (χ1) is 11.0. The Bertz CT molecular complexity index is 807. The second-order valence-corrected chi connectivity index (χ2v) is 9.80. The molecule has 0 bridgehead atoms. The van der Waals surface area contributed by atoms with E-state index < -0.39 is 25.9 Å². The van der Waals surface area contributed by atoms with Crippen LogP contribution in [0, 0.1) is 11.7 Å². The van der Waals surface area contributed by atoms with Crippen LogP contribution in [-0.2, 0) is 20.0 Å². The van der Waals surface area contributed by atoms with Crippen molar-refractivity contribution in [2.75, 3.05) is 24.1 Å². The number of nitrogens with zero attached hydrogens (tertiary/aromatic N) is 1. The molecule has 0 aliphatic carbocycles. The predicted molar refractivity (Wildman–Crippen MR) is 97.2 cm³/mol. The van der Waals surface area contributed by atoms with Gasteiger partial charge in [-0.05, 0) is 43.9 Å². The minimum Gasteiger partial charge on any atom is -0.328 e. The van der Waals surface area contributed by atoms with E-state index in [0.29, 0.717) is 25.9 Å². The third kappa shape index (κ3) is 5.52. The number of hydrogen-bond acceptors (Lipinski definition) is 5. The van der Waals surface area contributed by atoms with Crippen molar-refractivity contribution in [1.82, 2.24) is 4.31 Å². The monoisotopic (exact) mass is 415 g/mol. The van der Waals surface area contributed by atoms with Gasteiger partial charge in [0.05, 0.1) is 16.8 Å². The maximum absolute atomic E-state index is 14.0. The van der Waals surface area contributed by atoms with Gasteiger partial charge in [-0.25, -0.2) is 21.2 Å². The number of halogens is 2. The Morgan fingerprint density at radius 3 is 2.24 bits per heavy atom. The first-order valence-corrected chi connectivity index (χ1v) is 10.9. The zero-order chi connectivity index (χ0) is 18.1. The average molecular weight is 416 g/mol. The summed E-state index contributed by atoms with van der Waals surface area (Å²) in [5.41, 5.74) is 5.56. The lowest BCUT2D eigenvalue weighted by molar-refractivity contribution is 0.250. The van der Waals surface area contributed by atoms with Crippen LogP contribution in [0.3, 0.4) is 0 Å². The Hall–Kier alpha value is -0.940. The number of nitrogens with two attached hydrogens (primary N) is 1. The zero-order valence-electron chi connectivity index (χ0n) is 14.0. The van der Waals surface area contributed by atoms with Gasteiger partial charge < -0.3 is 5.73 Å². The van der Waals surface area contributed by atoms with Crippen LogP contribution in [0.5, 0.6) is 0 Å². The van der Waals surface area contributed by atoms with Gasteiger partial charge in [0, 0.05) is 19.1 Å². The molecule has 0 spiro atoms. The Morgan fingerprint density at radius 1 is 1.24 bits per heavy atom. The molecule has 11 heteroatoms. The molecule has 1 aliphatic heterocycles. The summed E-state index contributed by atoms with van der Waals surface area (Å²) in [6, 6.07) is 3.15. The topological polar surface area (TPSA) is 110 Å². The van der Waals surface area contributed by atoms with Crippen molar-refractivity contribution < 1.29 is 21.2 Å². The van der Waals surface area contributed by atoms with Crippen LogP contribution in [0.4, 0.5) is 10.1 Å². The van der Waals surface area contributed by atoms with Crippen LogP contribution in [0.25, 0.3) is 0 Å². The number of anilines is 1. The van der Waals surface area contributed by atoms with Gasteiger partial charge in [-0.2, -0.15) is 4.31 Å². The van der Waals surface area contributed by atoms with Crippen molar-refractivity contribution in [2.24, 2.45) is 11.7 Å². The van der Waals surface area contributed by atoms with Crippen LogP contribution in [-0.4, -0.2) is 46.5 Å². The number of hydrogen-bond donors (Lipinski definition) is 2. The number of piperidine rings is 1. The molecule has 0 amide bonds. The molecule has 144 valence electrons. The highest BCUT2D eigenvalue weighted by molar-refractivity contribution is 7.92. The second-order valence-electron chi connectivity index (χ2n) is 6.12. The van der Waals surface area contributed by atoms with Gasteiger partial charge in [0.15, 0.2) is 0 Å². The maximum Gasteiger partial charge on any atom is 0.243 e. The molecule has 1 aliphatic rings. The van der Waals surface area contributed by atoms with Crippen LogP contribution in [0.1, 0.15) is 19.8 Å². The van der Waals surface area contributed by atoms with Gasteiger partial charge in [0.1, 0.15) is 5.82 Å². The molecule has 1 atom stereocenters. The van der Waals surface area contributed by atoms with E-state index in [1.54, 1.807) is 0 Å². The summed E-state index contributed by atoms with van der Waals surface area (Å²) in [7, 11) is -7.46. The molecule has 0 aromatic heterocycles. The summed E-state index contributed by atoms with van der Waals surface area (Å²) in [6.07, 6.45) is 2.21. The van der Waals surface area contributed by atoms with Crippen molar-refractivity contribution in [3.63, 3.8) is 0 Å². The summed E-state index contributed by atoms with van der Waals surface area (Å²) in [5, 5.41) is 0. The van der Waals surface area contributed by atoms with Gasteiger partial charge in [-0.1, -0.05) is 0 Å². The summed E-state index contributed by atoms with van der Waals surface area (Å²) < 4.78 is 64.8. The second kappa shape index (κ2) is 8.17. The van der Waals surface area contributed by atoms with Crippen molar-refractivity contribution in [3.8, 4) is 0 Å². The third-order valence-electron chi connectivity index (χ3n) is 4.12. The van der Waals surface area contributed by atoms with Crippen molar-refractivity contribution in [3.05, 3.63) is 24.0 Å². The third-order valence-corrected chi connectivity index (χ3v) is 6.60. The normalized spacial score (nSPS) is 18.4. The Morgan fingerprint density at radius 2 is 1.80 bits per heavy atom. The summed E-state index contributed by atoms with van der Waals surface area (Å²) in [4.78, 5) is -0.196. The van der Waals surface area contributed by atoms with E-state index in [4.69, 9.17) is 5.73 Å². The highest BCUT2D eigenvalue weighted by Gasteiger charge is 2.31. The molecule has 25 heavy (non-hydrogen) atoms. The number of nitrogens with one attached hydrogen (secondary N) is 1. The fraction of sp³-hybridized carbons (Fsp3) is 0.571. The van der Waals surface area contributed by atoms with Crippen LogP contribution in [0.2, 0.25) is 0 Å². The highest BCUT2D eigenvalue weighted by Crippen LogP contribution is 2.27. The lowest BCUT2D eigenvalue weighted by Crippen LogP contribution is -2.42. The van der Waals surface area contributed by atoms with E-state index in [0.717, 1.165) is 18.4 Å². The molecule has 1 fully saturated rings. The fourth-order valence-electron chi connectivity index (χ4n) is 2.73. The zero-order valence-corrected chi connectivity index (χ0v) is 16.4. The average Bonchev–Trinajstić information content (AvgIpc) is 2.48. The molecule has 0 radical (unpaired) electrons. The van der Waals surface area contributed by atoms with Crippen molar-refractivity contribution in [1.29, 1.82) is 0 Å². The lowest BCUT2D eigenvalue weighted by atomic mass is 9.92. The number of benzene rings is 1. The minimum absolute atomic E-state index is 0. The predicted octanol–water partition coefficient (Wildman–Crippen LogP) is 1.37. The molecule has 0 saturated carbocycles. The van der Waals surface area contributed by atoms with E-state index in [-0.39, 0.29) is 34.9 Å². The Kier molecular flexibility index (Phi) is 7.22. The molecule has 1 heterocycles. The smallest absolute Gasteiger partial charge is 0.243 e. The van der Waals surface area contributed by atoms with Crippen molar-refractivity contribution in [2.45, 2.75) is 30.7 Å². The molecular formula is C14H23ClFN3O4S2. The standard InChI is InChI=1S/C14H22FN3O4S2.ClH/c1-10(16)11-5-7-18(8-6-11)24(21,22)12-3-4-14(13(15)9-12)17-23(2,19)20;/h3-4,9-11,17H,5-8,16H2,1-2H3;1H. The Balaban J connectivity index is 0.00000312. The van der Waals surface area contributed by atoms with Gasteiger partial charge in [0.2, 0.25) is 20.0 Å². The van der Waals surface area contributed by atoms with E-state index in [1.807, 2.05) is 11.6 Å². The van der Waals surface area contributed by atoms with Gasteiger partial charge in [-0.15, -0.1) is 12.4 Å². The molecule has 1 saturated heterocycles. The Labute approximate surface area is 154 Å². The highest BCUT2D eigenvalue weighted by atomic mass is 35.5. The van der Waals surface area contributed by atoms with Gasteiger partial charge in [0.25, 0.3) is 0 Å². The van der Waals surface area contributed by atoms with Gasteiger partial charge in [-0.3, -0.25) is 4.72 Å². The van der Waals surface area contributed by atoms with Crippen LogP contribution in [0.15, 0.2) is 23.1 Å². The van der Waals surface area contributed by atoms with Crippen molar-refractivity contribution >= 4 is 38.1 Å². The summed E-state index contributed by atoms with van der Waals surface area (Å²) in [5.74, 6) is -0.665. The first kappa shape index (κ1) is 22.1. The van der Waals surface area contributed by atoms with Crippen LogP contribution < -0.4 is 10.5 Å². The molecule has 1 unspecified atom stereocenters. The quantitative estimate of drug-likeness (QED) is 0.754. The van der Waals surface area contributed by atoms with E-state index in [1.165, 1.54) is 10.4 Å².